The smallest absolute Gasteiger partial charge is 0.353 e. The Kier molecular flexibility index (Phi) is 6.04. The van der Waals surface area contributed by atoms with E-state index >= 15 is 0 Å². The maximum absolute atomic E-state index is 12.0. The fourth-order valence-electron chi connectivity index (χ4n) is 2.45. The van der Waals surface area contributed by atoms with E-state index in [0.717, 1.165) is 11.5 Å². The highest BCUT2D eigenvalue weighted by atomic mass is 32.2. The van der Waals surface area contributed by atoms with E-state index in [1.54, 1.807) is 39.6 Å². The summed E-state index contributed by atoms with van der Waals surface area (Å²) in [6, 6.07) is 0. The first-order chi connectivity index (χ1) is 11.7. The maximum atomic E-state index is 12.0. The number of nitrogens with zero attached hydrogens (tertiary/aromatic N) is 5. The lowest BCUT2D eigenvalue weighted by Crippen LogP contribution is -2.35. The third kappa shape index (κ3) is 5.18. The Morgan fingerprint density at radius 3 is 2.60 bits per heavy atom. The molecule has 0 radical (unpaired) electrons. The van der Waals surface area contributed by atoms with Crippen LogP contribution in [0.2, 0.25) is 0 Å². The van der Waals surface area contributed by atoms with Crippen molar-refractivity contribution in [3.05, 3.63) is 16.4 Å². The molecule has 0 N–H and O–H groups in total. The molecule has 0 aromatic carbocycles. The Morgan fingerprint density at radius 1 is 1.40 bits per heavy atom. The first-order valence-corrected chi connectivity index (χ1v) is 9.09. The Morgan fingerprint density at radius 2 is 2.04 bits per heavy atom. The van der Waals surface area contributed by atoms with Crippen molar-refractivity contribution < 1.29 is 14.5 Å². The van der Waals surface area contributed by atoms with Crippen LogP contribution in [0.1, 0.15) is 20.8 Å². The summed E-state index contributed by atoms with van der Waals surface area (Å²) in [6.45, 7) is 6.55. The molecule has 138 valence electrons. The summed E-state index contributed by atoms with van der Waals surface area (Å²) in [5.41, 5.74) is -0.799. The molecule has 1 fully saturated rings. The molecule has 0 unspecified atom stereocenters. The Hall–Kier alpha value is -2.10. The van der Waals surface area contributed by atoms with E-state index in [9.17, 15) is 14.9 Å². The second-order valence-corrected chi connectivity index (χ2v) is 7.89. The second kappa shape index (κ2) is 7.85. The summed E-state index contributed by atoms with van der Waals surface area (Å²) in [5.74, 6) is 1.72. The molecule has 0 saturated carbocycles. The van der Waals surface area contributed by atoms with Gasteiger partial charge in [0.15, 0.2) is 0 Å². The predicted molar refractivity (Wildman–Crippen MR) is 97.3 cm³/mol. The molecule has 1 saturated heterocycles. The number of nitro groups is 1. The molecule has 1 aliphatic rings. The number of rotatable bonds is 5. The fraction of sp³-hybridized carbons (Fsp3) is 0.667. The molecule has 1 aromatic heterocycles. The van der Waals surface area contributed by atoms with Gasteiger partial charge in [-0.3, -0.25) is 14.9 Å². The van der Waals surface area contributed by atoms with Crippen LogP contribution in [0.25, 0.3) is 0 Å². The van der Waals surface area contributed by atoms with Crippen molar-refractivity contribution in [2.45, 2.75) is 26.4 Å². The number of esters is 1. The lowest BCUT2D eigenvalue weighted by atomic mass is 10.2. The van der Waals surface area contributed by atoms with Gasteiger partial charge in [0.1, 0.15) is 18.5 Å². The highest BCUT2D eigenvalue weighted by molar-refractivity contribution is 7.99. The van der Waals surface area contributed by atoms with Crippen LogP contribution in [-0.2, 0) is 9.53 Å². The van der Waals surface area contributed by atoms with Gasteiger partial charge in [-0.05, 0) is 20.8 Å². The SMILES string of the molecule is CN(CC(=O)OC(C)(C)C)c1ncnc(N2CCSCC2)c1[N+](=O)[O-]. The first kappa shape index (κ1) is 19.2. The number of hydrogen-bond donors (Lipinski definition) is 0. The molecule has 1 aromatic rings. The number of likely N-dealkylation sites (N-methyl/N-ethyl adjacent to an activating group) is 1. The summed E-state index contributed by atoms with van der Waals surface area (Å²) in [5, 5.41) is 11.7. The molecule has 10 heteroatoms. The van der Waals surface area contributed by atoms with E-state index < -0.39 is 16.5 Å². The molecular weight excluding hydrogens is 346 g/mol. The van der Waals surface area contributed by atoms with Crippen LogP contribution in [-0.4, -0.2) is 64.6 Å². The van der Waals surface area contributed by atoms with Crippen molar-refractivity contribution in [1.82, 2.24) is 9.97 Å². The summed E-state index contributed by atoms with van der Waals surface area (Å²) >= 11 is 1.81. The minimum Gasteiger partial charge on any atom is -0.459 e. The van der Waals surface area contributed by atoms with Crippen molar-refractivity contribution >= 4 is 35.1 Å². The summed E-state index contributed by atoms with van der Waals surface area (Å²) < 4.78 is 5.27. The van der Waals surface area contributed by atoms with Gasteiger partial charge in [0.25, 0.3) is 0 Å². The van der Waals surface area contributed by atoms with Gasteiger partial charge in [-0.25, -0.2) is 9.97 Å². The zero-order chi connectivity index (χ0) is 18.6. The molecule has 0 bridgehead atoms. The highest BCUT2D eigenvalue weighted by Crippen LogP contribution is 2.34. The lowest BCUT2D eigenvalue weighted by molar-refractivity contribution is -0.383. The summed E-state index contributed by atoms with van der Waals surface area (Å²) in [4.78, 5) is 34.7. The minimum absolute atomic E-state index is 0.110. The zero-order valence-electron chi connectivity index (χ0n) is 14.9. The molecule has 0 amide bonds. The van der Waals surface area contributed by atoms with Crippen LogP contribution in [0.5, 0.6) is 0 Å². The van der Waals surface area contributed by atoms with Crippen LogP contribution in [0.3, 0.4) is 0 Å². The van der Waals surface area contributed by atoms with E-state index in [0.29, 0.717) is 18.9 Å². The van der Waals surface area contributed by atoms with Crippen LogP contribution < -0.4 is 9.80 Å². The van der Waals surface area contributed by atoms with Crippen LogP contribution in [0.4, 0.5) is 17.3 Å². The van der Waals surface area contributed by atoms with E-state index in [2.05, 4.69) is 9.97 Å². The standard InChI is InChI=1S/C15H23N5O4S/c1-15(2,3)24-11(21)9-18(4)13-12(20(22)23)14(17-10-16-13)19-5-7-25-8-6-19/h10H,5-9H2,1-4H3. The van der Waals surface area contributed by atoms with Gasteiger partial charge >= 0.3 is 11.7 Å². The molecule has 25 heavy (non-hydrogen) atoms. The third-order valence-electron chi connectivity index (χ3n) is 3.42. The second-order valence-electron chi connectivity index (χ2n) is 6.67. The number of thioether (sulfide) groups is 1. The average molecular weight is 369 g/mol. The van der Waals surface area contributed by atoms with Gasteiger partial charge in [0.05, 0.1) is 4.92 Å². The zero-order valence-corrected chi connectivity index (χ0v) is 15.7. The van der Waals surface area contributed by atoms with Crippen molar-refractivity contribution in [1.29, 1.82) is 0 Å². The number of hydrogen-bond acceptors (Lipinski definition) is 9. The highest BCUT2D eigenvalue weighted by Gasteiger charge is 2.30. The molecule has 1 aliphatic heterocycles. The Labute approximate surface area is 150 Å². The number of aromatic nitrogens is 2. The van der Waals surface area contributed by atoms with Gasteiger partial charge < -0.3 is 14.5 Å². The monoisotopic (exact) mass is 369 g/mol. The Bertz CT molecular complexity index is 643. The van der Waals surface area contributed by atoms with Gasteiger partial charge in [-0.1, -0.05) is 0 Å². The molecule has 2 rings (SSSR count). The Balaban J connectivity index is 2.27. The quantitative estimate of drug-likeness (QED) is 0.436. The van der Waals surface area contributed by atoms with E-state index in [1.807, 2.05) is 4.90 Å². The normalized spacial score (nSPS) is 15.0. The van der Waals surface area contributed by atoms with Crippen LogP contribution in [0.15, 0.2) is 6.33 Å². The van der Waals surface area contributed by atoms with Crippen molar-refractivity contribution in [3.8, 4) is 0 Å². The summed E-state index contributed by atoms with van der Waals surface area (Å²) in [6.07, 6.45) is 1.30. The summed E-state index contributed by atoms with van der Waals surface area (Å²) in [7, 11) is 1.58. The molecule has 0 aliphatic carbocycles. The van der Waals surface area contributed by atoms with Crippen molar-refractivity contribution in [3.63, 3.8) is 0 Å². The van der Waals surface area contributed by atoms with Gasteiger partial charge in [-0.15, -0.1) is 0 Å². The fourth-order valence-corrected chi connectivity index (χ4v) is 3.36. The molecule has 0 atom stereocenters. The van der Waals surface area contributed by atoms with Crippen LogP contribution >= 0.6 is 11.8 Å². The van der Waals surface area contributed by atoms with E-state index in [1.165, 1.54) is 11.2 Å². The largest absolute Gasteiger partial charge is 0.459 e. The molecule has 0 spiro atoms. The van der Waals surface area contributed by atoms with Crippen LogP contribution in [0, 0.1) is 10.1 Å². The average Bonchev–Trinajstić information content (AvgIpc) is 2.53. The van der Waals surface area contributed by atoms with Gasteiger partial charge in [-0.2, -0.15) is 11.8 Å². The molecule has 2 heterocycles. The number of carbonyl (C=O) groups excluding carboxylic acids is 1. The van der Waals surface area contributed by atoms with E-state index in [4.69, 9.17) is 4.74 Å². The number of ether oxygens (including phenoxy) is 1. The number of carbonyl (C=O) groups is 1. The predicted octanol–water partition coefficient (Wildman–Crippen LogP) is 1.72. The van der Waals surface area contributed by atoms with Crippen molar-refractivity contribution in [2.75, 3.05) is 48.0 Å². The lowest BCUT2D eigenvalue weighted by Gasteiger charge is -2.28. The van der Waals surface area contributed by atoms with E-state index in [-0.39, 0.29) is 18.1 Å². The molecular formula is C15H23N5O4S. The topological polar surface area (TPSA) is 102 Å². The van der Waals surface area contributed by atoms with Gasteiger partial charge in [0, 0.05) is 31.6 Å². The minimum atomic E-state index is -0.619. The first-order valence-electron chi connectivity index (χ1n) is 7.94. The molecule has 9 nitrogen and oxygen atoms in total. The van der Waals surface area contributed by atoms with Gasteiger partial charge in [0.2, 0.25) is 11.6 Å². The third-order valence-corrected chi connectivity index (χ3v) is 4.37. The maximum Gasteiger partial charge on any atom is 0.353 e. The number of anilines is 2. The van der Waals surface area contributed by atoms with Crippen molar-refractivity contribution in [2.24, 2.45) is 0 Å².